The van der Waals surface area contributed by atoms with Crippen molar-refractivity contribution in [3.63, 3.8) is 0 Å². The Morgan fingerprint density at radius 3 is 2.28 bits per heavy atom. The van der Waals surface area contributed by atoms with Gasteiger partial charge in [0.1, 0.15) is 5.75 Å². The number of hydrogen-bond acceptors (Lipinski definition) is 7. The van der Waals surface area contributed by atoms with Crippen molar-refractivity contribution >= 4 is 48.8 Å². The summed E-state index contributed by atoms with van der Waals surface area (Å²) >= 11 is 1.32. The molecule has 0 aliphatic carbocycles. The van der Waals surface area contributed by atoms with Crippen LogP contribution in [0.15, 0.2) is 76.7 Å². The molecule has 0 atom stereocenters. The number of aromatic nitrogens is 1. The molecule has 1 amide bonds. The van der Waals surface area contributed by atoms with Gasteiger partial charge in [-0.25, -0.2) is 13.4 Å². The number of carbonyl (C=O) groups is 1. The van der Waals surface area contributed by atoms with E-state index < -0.39 is 15.9 Å². The number of ether oxygens (including phenoxy) is 1. The maximum absolute atomic E-state index is 13.7. The number of sulfonamides is 1. The quantitative estimate of drug-likeness (QED) is 0.162. The van der Waals surface area contributed by atoms with Gasteiger partial charge in [0, 0.05) is 18.7 Å². The Morgan fingerprint density at radius 2 is 1.67 bits per heavy atom. The minimum absolute atomic E-state index is 0.155. The van der Waals surface area contributed by atoms with Gasteiger partial charge in [0.2, 0.25) is 15.2 Å². The number of rotatable bonds is 11. The highest BCUT2D eigenvalue weighted by atomic mass is 32.2. The second-order valence-electron chi connectivity index (χ2n) is 9.03. The van der Waals surface area contributed by atoms with Crippen LogP contribution in [0.25, 0.3) is 10.2 Å². The van der Waals surface area contributed by atoms with Crippen LogP contribution in [-0.4, -0.2) is 50.0 Å². The molecule has 1 aromatic heterocycles. The molecular formula is C29H32N4O4S2. The number of amides is 1. The Labute approximate surface area is 233 Å². The molecule has 0 bridgehead atoms. The van der Waals surface area contributed by atoms with Crippen molar-refractivity contribution in [1.82, 2.24) is 9.29 Å². The van der Waals surface area contributed by atoms with Crippen LogP contribution >= 0.6 is 11.3 Å². The van der Waals surface area contributed by atoms with Crippen molar-refractivity contribution in [2.75, 3.05) is 25.2 Å². The summed E-state index contributed by atoms with van der Waals surface area (Å²) in [5.41, 5.74) is 2.96. The zero-order chi connectivity index (χ0) is 28.0. The molecule has 0 saturated carbocycles. The molecule has 4 rings (SSSR count). The molecule has 0 unspecified atom stereocenters. The summed E-state index contributed by atoms with van der Waals surface area (Å²) in [5.74, 6) is 0.267. The molecule has 0 radical (unpaired) electrons. The molecule has 4 aromatic rings. The number of fused-ring (bicyclic) bond motifs is 1. The smallest absolute Gasteiger partial charge is 0.280 e. The Balaban J connectivity index is 1.69. The first-order valence-electron chi connectivity index (χ1n) is 12.8. The van der Waals surface area contributed by atoms with Gasteiger partial charge in [-0.3, -0.25) is 4.79 Å². The zero-order valence-electron chi connectivity index (χ0n) is 22.5. The number of carbonyl (C=O) groups excluding carboxylic acids is 1. The lowest BCUT2D eigenvalue weighted by atomic mass is 10.2. The van der Waals surface area contributed by atoms with E-state index in [1.54, 1.807) is 13.3 Å². The van der Waals surface area contributed by atoms with E-state index in [4.69, 9.17) is 4.74 Å². The van der Waals surface area contributed by atoms with Gasteiger partial charge in [-0.2, -0.15) is 14.4 Å². The molecule has 0 aliphatic heterocycles. The van der Waals surface area contributed by atoms with Gasteiger partial charge in [-0.15, -0.1) is 0 Å². The van der Waals surface area contributed by atoms with Crippen molar-refractivity contribution in [3.8, 4) is 5.75 Å². The second-order valence-corrected chi connectivity index (χ2v) is 12.0. The normalized spacial score (nSPS) is 11.9. The minimum Gasteiger partial charge on any atom is -0.497 e. The summed E-state index contributed by atoms with van der Waals surface area (Å²) in [6.07, 6.45) is 3.05. The van der Waals surface area contributed by atoms with Gasteiger partial charge in [-0.1, -0.05) is 55.0 Å². The summed E-state index contributed by atoms with van der Waals surface area (Å²) < 4.78 is 34.0. The SMILES string of the molecule is CCCN(CCC)S(=O)(=O)c1ccc(C(=O)N(/N=C/c2ccc(C)cc2)c2nc3ccc(OC)cc3s2)cc1. The number of hydrogen-bond donors (Lipinski definition) is 0. The van der Waals surface area contributed by atoms with Gasteiger partial charge >= 0.3 is 0 Å². The molecule has 0 N–H and O–H groups in total. The van der Waals surface area contributed by atoms with E-state index in [0.29, 0.717) is 35.1 Å². The minimum atomic E-state index is -3.66. The summed E-state index contributed by atoms with van der Waals surface area (Å²) in [7, 11) is -2.06. The van der Waals surface area contributed by atoms with Crippen LogP contribution in [0.5, 0.6) is 5.75 Å². The summed E-state index contributed by atoms with van der Waals surface area (Å²) in [6, 6.07) is 19.3. The predicted molar refractivity (Wildman–Crippen MR) is 158 cm³/mol. The number of benzene rings is 3. The van der Waals surface area contributed by atoms with E-state index in [0.717, 1.165) is 28.7 Å². The third kappa shape index (κ3) is 6.52. The van der Waals surface area contributed by atoms with Gasteiger partial charge in [0.05, 0.1) is 28.4 Å². The van der Waals surface area contributed by atoms with E-state index in [1.807, 2.05) is 63.2 Å². The van der Waals surface area contributed by atoms with E-state index in [2.05, 4.69) is 10.1 Å². The molecule has 8 nitrogen and oxygen atoms in total. The van der Waals surface area contributed by atoms with Crippen molar-refractivity contribution in [2.45, 2.75) is 38.5 Å². The molecule has 10 heteroatoms. The maximum Gasteiger partial charge on any atom is 0.280 e. The Kier molecular flexibility index (Phi) is 9.11. The van der Waals surface area contributed by atoms with Crippen LogP contribution in [-0.2, 0) is 10.0 Å². The van der Waals surface area contributed by atoms with Crippen molar-refractivity contribution in [3.05, 3.63) is 83.4 Å². The van der Waals surface area contributed by atoms with Gasteiger partial charge in [0.25, 0.3) is 5.91 Å². The lowest BCUT2D eigenvalue weighted by Crippen LogP contribution is -2.32. The molecule has 1 heterocycles. The van der Waals surface area contributed by atoms with E-state index in [-0.39, 0.29) is 4.90 Å². The molecule has 0 spiro atoms. The number of hydrazone groups is 1. The van der Waals surface area contributed by atoms with E-state index in [9.17, 15) is 13.2 Å². The fourth-order valence-electron chi connectivity index (χ4n) is 3.97. The van der Waals surface area contributed by atoms with Crippen LogP contribution in [0.3, 0.4) is 0 Å². The predicted octanol–water partition coefficient (Wildman–Crippen LogP) is 6.10. The third-order valence-corrected chi connectivity index (χ3v) is 8.95. The first-order valence-corrected chi connectivity index (χ1v) is 15.0. The van der Waals surface area contributed by atoms with Crippen LogP contribution in [0.4, 0.5) is 5.13 Å². The molecule has 0 aliphatic rings. The first kappa shape index (κ1) is 28.4. The fraction of sp³-hybridized carbons (Fsp3) is 0.276. The average molecular weight is 565 g/mol. The number of nitrogens with zero attached hydrogens (tertiary/aromatic N) is 4. The van der Waals surface area contributed by atoms with E-state index in [1.165, 1.54) is 44.9 Å². The molecule has 204 valence electrons. The first-order chi connectivity index (χ1) is 18.8. The van der Waals surface area contributed by atoms with Gasteiger partial charge in [0.15, 0.2) is 0 Å². The van der Waals surface area contributed by atoms with E-state index >= 15 is 0 Å². The van der Waals surface area contributed by atoms with Gasteiger partial charge < -0.3 is 4.74 Å². The summed E-state index contributed by atoms with van der Waals surface area (Å²) in [5, 5.41) is 6.15. The number of anilines is 1. The van der Waals surface area contributed by atoms with Crippen LogP contribution in [0.2, 0.25) is 0 Å². The average Bonchev–Trinajstić information content (AvgIpc) is 3.37. The Hall–Kier alpha value is -3.60. The zero-order valence-corrected chi connectivity index (χ0v) is 24.1. The van der Waals surface area contributed by atoms with Crippen molar-refractivity contribution in [1.29, 1.82) is 0 Å². The van der Waals surface area contributed by atoms with Gasteiger partial charge in [-0.05, 0) is 67.8 Å². The highest BCUT2D eigenvalue weighted by molar-refractivity contribution is 7.89. The molecular weight excluding hydrogens is 532 g/mol. The Bertz CT molecular complexity index is 1560. The topological polar surface area (TPSA) is 92.2 Å². The largest absolute Gasteiger partial charge is 0.497 e. The third-order valence-electron chi connectivity index (χ3n) is 6.04. The number of methoxy groups -OCH3 is 1. The monoisotopic (exact) mass is 564 g/mol. The fourth-order valence-corrected chi connectivity index (χ4v) is 6.54. The number of thiazole rings is 1. The maximum atomic E-state index is 13.7. The number of aryl methyl sites for hydroxylation is 1. The Morgan fingerprint density at radius 1 is 1.00 bits per heavy atom. The summed E-state index contributed by atoms with van der Waals surface area (Å²) in [6.45, 7) is 6.79. The standard InChI is InChI=1S/C29H32N4O4S2/c1-5-17-32(18-6-2)39(35,36)25-14-11-23(12-15-25)28(34)33(30-20-22-9-7-21(3)8-10-22)29-31-26-16-13-24(37-4)19-27(26)38-29/h7-16,19-20H,5-6,17-18H2,1-4H3/b30-20+. The highest BCUT2D eigenvalue weighted by Gasteiger charge is 2.25. The van der Waals surface area contributed by atoms with Crippen molar-refractivity contribution < 1.29 is 17.9 Å². The van der Waals surface area contributed by atoms with Crippen molar-refractivity contribution in [2.24, 2.45) is 5.10 Å². The van der Waals surface area contributed by atoms with Crippen LogP contribution in [0, 0.1) is 6.92 Å². The second kappa shape index (κ2) is 12.5. The highest BCUT2D eigenvalue weighted by Crippen LogP contribution is 2.32. The lowest BCUT2D eigenvalue weighted by Gasteiger charge is -2.21. The lowest BCUT2D eigenvalue weighted by molar-refractivity contribution is 0.0987. The molecule has 0 saturated heterocycles. The van der Waals surface area contributed by atoms with Crippen LogP contribution in [0.1, 0.15) is 48.2 Å². The van der Waals surface area contributed by atoms with Crippen LogP contribution < -0.4 is 9.75 Å². The molecule has 3 aromatic carbocycles. The molecule has 0 fully saturated rings. The molecule has 39 heavy (non-hydrogen) atoms. The summed E-state index contributed by atoms with van der Waals surface area (Å²) in [4.78, 5) is 18.5.